The van der Waals surface area contributed by atoms with Crippen LogP contribution >= 0.6 is 0 Å². The number of ether oxygens (including phenoxy) is 2. The average Bonchev–Trinajstić information content (AvgIpc) is 2.58. The van der Waals surface area contributed by atoms with Crippen molar-refractivity contribution >= 4 is 5.96 Å². The first-order chi connectivity index (χ1) is 11.6. The molecule has 136 valence electrons. The van der Waals surface area contributed by atoms with E-state index in [1.54, 1.807) is 7.11 Å². The van der Waals surface area contributed by atoms with Gasteiger partial charge in [-0.3, -0.25) is 0 Å². The first-order valence-electron chi connectivity index (χ1n) is 8.88. The third-order valence-electron chi connectivity index (χ3n) is 3.79. The van der Waals surface area contributed by atoms with Gasteiger partial charge in [-0.1, -0.05) is 32.0 Å². The largest absolute Gasteiger partial charge is 0.496 e. The van der Waals surface area contributed by atoms with Crippen LogP contribution in [0.4, 0.5) is 0 Å². The van der Waals surface area contributed by atoms with Gasteiger partial charge in [0.15, 0.2) is 5.96 Å². The van der Waals surface area contributed by atoms with Gasteiger partial charge in [-0.2, -0.15) is 0 Å². The number of nitrogens with one attached hydrogen (secondary N) is 2. The van der Waals surface area contributed by atoms with Crippen molar-refractivity contribution in [3.8, 4) is 5.75 Å². The average molecular weight is 335 g/mol. The predicted octanol–water partition coefficient (Wildman–Crippen LogP) is 3.20. The number of hydrogen-bond acceptors (Lipinski definition) is 3. The van der Waals surface area contributed by atoms with Crippen LogP contribution < -0.4 is 15.4 Å². The Morgan fingerprint density at radius 2 is 1.92 bits per heavy atom. The molecule has 5 nitrogen and oxygen atoms in total. The molecule has 0 amide bonds. The summed E-state index contributed by atoms with van der Waals surface area (Å²) in [5.74, 6) is 2.20. The number of aliphatic imine (C=N–C) groups is 1. The van der Waals surface area contributed by atoms with E-state index in [0.717, 1.165) is 43.4 Å². The highest BCUT2D eigenvalue weighted by molar-refractivity contribution is 5.79. The van der Waals surface area contributed by atoms with Crippen LogP contribution in [0.1, 0.15) is 39.7 Å². The molecule has 0 heterocycles. The number of benzene rings is 1. The van der Waals surface area contributed by atoms with E-state index in [-0.39, 0.29) is 6.10 Å². The summed E-state index contributed by atoms with van der Waals surface area (Å²) in [6.45, 7) is 11.5. The number of nitrogens with zero attached hydrogens (tertiary/aromatic N) is 1. The first-order valence-corrected chi connectivity index (χ1v) is 8.88. The van der Waals surface area contributed by atoms with E-state index in [9.17, 15) is 0 Å². The van der Waals surface area contributed by atoms with Crippen LogP contribution in [0.15, 0.2) is 29.3 Å². The lowest BCUT2D eigenvalue weighted by Gasteiger charge is -2.21. The molecule has 0 bridgehead atoms. The van der Waals surface area contributed by atoms with Crippen molar-refractivity contribution in [3.05, 3.63) is 29.8 Å². The maximum atomic E-state index is 5.79. The third-order valence-corrected chi connectivity index (χ3v) is 3.79. The van der Waals surface area contributed by atoms with Crippen molar-refractivity contribution in [3.63, 3.8) is 0 Å². The zero-order valence-corrected chi connectivity index (χ0v) is 15.8. The van der Waals surface area contributed by atoms with Gasteiger partial charge in [0, 0.05) is 25.3 Å². The third kappa shape index (κ3) is 7.21. The van der Waals surface area contributed by atoms with Crippen LogP contribution in [-0.2, 0) is 11.3 Å². The molecule has 1 unspecified atom stereocenters. The second kappa shape index (κ2) is 11.7. The minimum atomic E-state index is 0.277. The van der Waals surface area contributed by atoms with Crippen LogP contribution in [0, 0.1) is 5.92 Å². The lowest BCUT2D eigenvalue weighted by Crippen LogP contribution is -2.39. The molecule has 0 fully saturated rings. The van der Waals surface area contributed by atoms with Gasteiger partial charge in [-0.15, -0.1) is 0 Å². The van der Waals surface area contributed by atoms with Gasteiger partial charge in [-0.25, -0.2) is 4.99 Å². The Kier molecular flexibility index (Phi) is 9.92. The molecule has 1 rings (SSSR count). The fourth-order valence-electron chi connectivity index (χ4n) is 2.50. The van der Waals surface area contributed by atoms with Crippen molar-refractivity contribution in [1.82, 2.24) is 10.6 Å². The van der Waals surface area contributed by atoms with Crippen molar-refractivity contribution in [2.24, 2.45) is 10.9 Å². The number of rotatable bonds is 10. The maximum Gasteiger partial charge on any atom is 0.191 e. The molecule has 1 aromatic rings. The van der Waals surface area contributed by atoms with E-state index in [1.165, 1.54) is 0 Å². The Morgan fingerprint density at radius 1 is 1.17 bits per heavy atom. The maximum absolute atomic E-state index is 5.79. The zero-order chi connectivity index (χ0) is 17.8. The van der Waals surface area contributed by atoms with Crippen LogP contribution in [0.2, 0.25) is 0 Å². The summed E-state index contributed by atoms with van der Waals surface area (Å²) in [4.78, 5) is 4.65. The van der Waals surface area contributed by atoms with Gasteiger partial charge < -0.3 is 20.1 Å². The normalized spacial score (nSPS) is 13.0. The monoisotopic (exact) mass is 335 g/mol. The molecular weight excluding hydrogens is 302 g/mol. The van der Waals surface area contributed by atoms with Gasteiger partial charge in [0.05, 0.1) is 19.8 Å². The fourth-order valence-corrected chi connectivity index (χ4v) is 2.50. The molecule has 0 radical (unpaired) electrons. The Balaban J connectivity index is 2.59. The zero-order valence-electron chi connectivity index (χ0n) is 15.8. The number of methoxy groups -OCH3 is 1. The molecule has 0 aliphatic heterocycles. The number of guanidine groups is 1. The highest BCUT2D eigenvalue weighted by atomic mass is 16.5. The first kappa shape index (κ1) is 20.3. The van der Waals surface area contributed by atoms with Gasteiger partial charge in [-0.05, 0) is 32.3 Å². The Morgan fingerprint density at radius 3 is 2.54 bits per heavy atom. The standard InChI is InChI=1S/C19H33N3O2/c1-6-20-19(21-13-12-17(15(3)4)24-7-2)22-14-16-10-8-9-11-18(16)23-5/h8-11,15,17H,6-7,12-14H2,1-5H3,(H2,20,21,22). The molecule has 0 saturated heterocycles. The molecule has 5 heteroatoms. The summed E-state index contributed by atoms with van der Waals surface area (Å²) in [6, 6.07) is 7.97. The molecule has 0 aliphatic carbocycles. The van der Waals surface area contributed by atoms with Gasteiger partial charge in [0.2, 0.25) is 0 Å². The summed E-state index contributed by atoms with van der Waals surface area (Å²) in [5.41, 5.74) is 1.08. The van der Waals surface area contributed by atoms with Crippen LogP contribution in [0.5, 0.6) is 5.75 Å². The summed E-state index contributed by atoms with van der Waals surface area (Å²) < 4.78 is 11.2. The minimum Gasteiger partial charge on any atom is -0.496 e. The molecule has 0 saturated carbocycles. The number of hydrogen-bond donors (Lipinski definition) is 2. The smallest absolute Gasteiger partial charge is 0.191 e. The summed E-state index contributed by atoms with van der Waals surface area (Å²) >= 11 is 0. The van der Waals surface area contributed by atoms with Gasteiger partial charge >= 0.3 is 0 Å². The summed E-state index contributed by atoms with van der Waals surface area (Å²) in [6.07, 6.45) is 1.24. The van der Waals surface area contributed by atoms with Crippen molar-refractivity contribution < 1.29 is 9.47 Å². The van der Waals surface area contributed by atoms with Gasteiger partial charge in [0.1, 0.15) is 5.75 Å². The minimum absolute atomic E-state index is 0.277. The molecule has 1 aromatic carbocycles. The molecule has 0 aliphatic rings. The Labute approximate surface area is 146 Å². The van der Waals surface area contributed by atoms with Crippen LogP contribution in [0.25, 0.3) is 0 Å². The molecule has 0 spiro atoms. The summed E-state index contributed by atoms with van der Waals surface area (Å²) in [7, 11) is 1.69. The van der Waals surface area contributed by atoms with E-state index in [1.807, 2.05) is 31.2 Å². The topological polar surface area (TPSA) is 54.9 Å². The lowest BCUT2D eigenvalue weighted by molar-refractivity contribution is 0.0258. The Hall–Kier alpha value is -1.75. The van der Waals surface area contributed by atoms with E-state index in [4.69, 9.17) is 9.47 Å². The second-order valence-electron chi connectivity index (χ2n) is 5.96. The van der Waals surface area contributed by atoms with E-state index >= 15 is 0 Å². The van der Waals surface area contributed by atoms with Crippen molar-refractivity contribution in [2.75, 3.05) is 26.8 Å². The van der Waals surface area contributed by atoms with E-state index in [2.05, 4.69) is 36.4 Å². The van der Waals surface area contributed by atoms with Gasteiger partial charge in [0.25, 0.3) is 0 Å². The fraction of sp³-hybridized carbons (Fsp3) is 0.632. The summed E-state index contributed by atoms with van der Waals surface area (Å²) in [5, 5.41) is 6.67. The SMILES string of the molecule is CCNC(=NCc1ccccc1OC)NCCC(OCC)C(C)C. The Bertz CT molecular complexity index is 489. The van der Waals surface area contributed by atoms with E-state index < -0.39 is 0 Å². The quantitative estimate of drug-likeness (QED) is 0.509. The molecule has 24 heavy (non-hydrogen) atoms. The predicted molar refractivity (Wildman–Crippen MR) is 101 cm³/mol. The molecule has 2 N–H and O–H groups in total. The molecular formula is C19H33N3O2. The number of para-hydroxylation sites is 1. The second-order valence-corrected chi connectivity index (χ2v) is 5.96. The van der Waals surface area contributed by atoms with Crippen LogP contribution in [-0.4, -0.2) is 38.9 Å². The molecule has 0 aromatic heterocycles. The highest BCUT2D eigenvalue weighted by Gasteiger charge is 2.13. The van der Waals surface area contributed by atoms with Crippen LogP contribution in [0.3, 0.4) is 0 Å². The highest BCUT2D eigenvalue weighted by Crippen LogP contribution is 2.17. The van der Waals surface area contributed by atoms with E-state index in [0.29, 0.717) is 12.5 Å². The molecule has 1 atom stereocenters. The van der Waals surface area contributed by atoms with Crippen molar-refractivity contribution in [2.45, 2.75) is 46.8 Å². The lowest BCUT2D eigenvalue weighted by atomic mass is 10.0. The van der Waals surface area contributed by atoms with Crippen molar-refractivity contribution in [1.29, 1.82) is 0 Å².